The van der Waals surface area contributed by atoms with E-state index in [2.05, 4.69) is 0 Å². The highest BCUT2D eigenvalue weighted by Crippen LogP contribution is 2.07. The second kappa shape index (κ2) is 8.92. The van der Waals surface area contributed by atoms with Crippen LogP contribution in [0.2, 0.25) is 0 Å². The number of ketones is 2. The average molecular weight is 308 g/mol. The Morgan fingerprint density at radius 3 is 1.45 bits per heavy atom. The van der Waals surface area contributed by atoms with Crippen molar-refractivity contribution in [3.05, 3.63) is 24.3 Å². The maximum Gasteiger partial charge on any atom is 0.331 e. The summed E-state index contributed by atoms with van der Waals surface area (Å²) in [6.07, 6.45) is 4.51. The fourth-order valence-electron chi connectivity index (χ4n) is 1.77. The van der Waals surface area contributed by atoms with E-state index in [0.717, 1.165) is 24.3 Å². The van der Waals surface area contributed by atoms with Gasteiger partial charge in [-0.25, -0.2) is 9.59 Å². The van der Waals surface area contributed by atoms with Gasteiger partial charge in [0.15, 0.2) is 11.6 Å². The normalized spacial score (nSPS) is 25.7. The Labute approximate surface area is 129 Å². The molecule has 0 aromatic rings. The van der Waals surface area contributed by atoms with Crippen LogP contribution in [-0.4, -0.2) is 35.7 Å². The molecule has 0 aromatic heterocycles. The van der Waals surface area contributed by atoms with E-state index in [4.69, 9.17) is 9.47 Å². The van der Waals surface area contributed by atoms with Crippen LogP contribution in [0.3, 0.4) is 0 Å². The molecule has 0 spiro atoms. The molecule has 0 radical (unpaired) electrons. The molecule has 2 atom stereocenters. The quantitative estimate of drug-likeness (QED) is 0.633. The molecule has 0 amide bonds. The largest absolute Gasteiger partial charge is 0.459 e. The van der Waals surface area contributed by atoms with Crippen LogP contribution in [0.1, 0.15) is 39.5 Å². The number of rotatable bonds is 0. The van der Waals surface area contributed by atoms with Gasteiger partial charge in [0.25, 0.3) is 0 Å². The van der Waals surface area contributed by atoms with Gasteiger partial charge in [0.2, 0.25) is 0 Å². The summed E-state index contributed by atoms with van der Waals surface area (Å²) in [7, 11) is 0. The topological polar surface area (TPSA) is 86.7 Å². The standard InChI is InChI=1S/C16H20O6/c1-11-3-5-13(17)8-10-16(20)22-12(2)4-6-14(18)7-9-15(19)21-11/h7-12H,3-6H2,1-2H3/t11-,12+. The third-order valence-corrected chi connectivity index (χ3v) is 3.04. The number of cyclic esters (lactones) is 2. The second-order valence-corrected chi connectivity index (χ2v) is 5.17. The van der Waals surface area contributed by atoms with Crippen molar-refractivity contribution in [1.29, 1.82) is 0 Å². The summed E-state index contributed by atoms with van der Waals surface area (Å²) in [6.45, 7) is 3.31. The van der Waals surface area contributed by atoms with Gasteiger partial charge in [-0.2, -0.15) is 0 Å². The van der Waals surface area contributed by atoms with Gasteiger partial charge in [-0.05, 0) is 38.8 Å². The number of carbonyl (C=O) groups excluding carboxylic acids is 4. The fraction of sp³-hybridized carbons (Fsp3) is 0.500. The van der Waals surface area contributed by atoms with Crippen LogP contribution in [0, 0.1) is 0 Å². The number of esters is 2. The van der Waals surface area contributed by atoms with Gasteiger partial charge in [0.1, 0.15) is 0 Å². The van der Waals surface area contributed by atoms with E-state index in [9.17, 15) is 19.2 Å². The third-order valence-electron chi connectivity index (χ3n) is 3.04. The van der Waals surface area contributed by atoms with Crippen molar-refractivity contribution in [3.8, 4) is 0 Å². The fourth-order valence-corrected chi connectivity index (χ4v) is 1.77. The van der Waals surface area contributed by atoms with Crippen LogP contribution in [0.5, 0.6) is 0 Å². The molecule has 1 aliphatic heterocycles. The van der Waals surface area contributed by atoms with Gasteiger partial charge >= 0.3 is 11.9 Å². The van der Waals surface area contributed by atoms with Crippen molar-refractivity contribution in [1.82, 2.24) is 0 Å². The third kappa shape index (κ3) is 7.52. The molecule has 0 aliphatic carbocycles. The summed E-state index contributed by atoms with van der Waals surface area (Å²) in [5, 5.41) is 0. The van der Waals surface area contributed by atoms with Gasteiger partial charge in [0, 0.05) is 25.0 Å². The summed E-state index contributed by atoms with van der Waals surface area (Å²) < 4.78 is 10.1. The summed E-state index contributed by atoms with van der Waals surface area (Å²) in [5.41, 5.74) is 0. The molecule has 0 bridgehead atoms. The average Bonchev–Trinajstić information content (AvgIpc) is 2.46. The minimum Gasteiger partial charge on any atom is -0.459 e. The predicted octanol–water partition coefficient (Wildman–Crippen LogP) is 1.67. The van der Waals surface area contributed by atoms with Crippen molar-refractivity contribution < 1.29 is 28.7 Å². The van der Waals surface area contributed by atoms with Gasteiger partial charge in [-0.1, -0.05) is 0 Å². The second-order valence-electron chi connectivity index (χ2n) is 5.17. The molecule has 0 N–H and O–H groups in total. The van der Waals surface area contributed by atoms with Crippen LogP contribution >= 0.6 is 0 Å². The summed E-state index contributed by atoms with van der Waals surface area (Å²) in [4.78, 5) is 46.1. The molecule has 0 saturated heterocycles. The smallest absolute Gasteiger partial charge is 0.331 e. The molecule has 0 aromatic carbocycles. The SMILES string of the molecule is C[C@@H]1CCC(=O)C=CC(=O)O[C@@H](C)CCC(=O)C=CC(=O)O1. The predicted molar refractivity (Wildman–Crippen MR) is 77.9 cm³/mol. The number of hydrogen-bond donors (Lipinski definition) is 0. The molecular formula is C16H20O6. The first-order valence-corrected chi connectivity index (χ1v) is 7.20. The Bertz CT molecular complexity index is 457. The minimum atomic E-state index is -0.615. The molecule has 6 heteroatoms. The Balaban J connectivity index is 2.75. The highest BCUT2D eigenvalue weighted by Gasteiger charge is 2.12. The lowest BCUT2D eigenvalue weighted by Gasteiger charge is -2.12. The van der Waals surface area contributed by atoms with E-state index in [1.807, 2.05) is 0 Å². The zero-order chi connectivity index (χ0) is 16.5. The Morgan fingerprint density at radius 1 is 0.727 bits per heavy atom. The molecule has 0 fully saturated rings. The van der Waals surface area contributed by atoms with Gasteiger partial charge < -0.3 is 9.47 Å². The first-order chi connectivity index (χ1) is 10.4. The van der Waals surface area contributed by atoms with Crippen molar-refractivity contribution in [2.75, 3.05) is 0 Å². The molecule has 6 nitrogen and oxygen atoms in total. The summed E-state index contributed by atoms with van der Waals surface area (Å²) >= 11 is 0. The molecule has 22 heavy (non-hydrogen) atoms. The summed E-state index contributed by atoms with van der Waals surface area (Å²) in [6, 6.07) is 0. The maximum atomic E-state index is 11.6. The van der Waals surface area contributed by atoms with E-state index < -0.39 is 24.1 Å². The molecule has 1 heterocycles. The first kappa shape index (κ1) is 17.8. The van der Waals surface area contributed by atoms with Gasteiger partial charge in [-0.3, -0.25) is 9.59 Å². The van der Waals surface area contributed by atoms with Crippen molar-refractivity contribution in [3.63, 3.8) is 0 Å². The first-order valence-electron chi connectivity index (χ1n) is 7.20. The Kier molecular flexibility index (Phi) is 7.22. The Hall–Kier alpha value is -2.24. The maximum absolute atomic E-state index is 11.6. The number of allylic oxidation sites excluding steroid dienone is 2. The van der Waals surface area contributed by atoms with Crippen molar-refractivity contribution >= 4 is 23.5 Å². The van der Waals surface area contributed by atoms with E-state index >= 15 is 0 Å². The van der Waals surface area contributed by atoms with Crippen LogP contribution in [-0.2, 0) is 28.7 Å². The lowest BCUT2D eigenvalue weighted by atomic mass is 10.1. The minimum absolute atomic E-state index is 0.149. The van der Waals surface area contributed by atoms with Gasteiger partial charge in [0.05, 0.1) is 12.2 Å². The van der Waals surface area contributed by atoms with Crippen molar-refractivity contribution in [2.24, 2.45) is 0 Å². The highest BCUT2D eigenvalue weighted by atomic mass is 16.5. The van der Waals surface area contributed by atoms with Crippen LogP contribution in [0.15, 0.2) is 24.3 Å². The number of ether oxygens (including phenoxy) is 2. The molecule has 1 aliphatic rings. The zero-order valence-corrected chi connectivity index (χ0v) is 12.7. The van der Waals surface area contributed by atoms with Crippen LogP contribution < -0.4 is 0 Å². The molecule has 0 saturated carbocycles. The van der Waals surface area contributed by atoms with Crippen molar-refractivity contribution in [2.45, 2.75) is 51.7 Å². The number of hydrogen-bond acceptors (Lipinski definition) is 6. The van der Waals surface area contributed by atoms with E-state index in [1.54, 1.807) is 13.8 Å². The highest BCUT2D eigenvalue weighted by molar-refractivity contribution is 5.96. The molecular weight excluding hydrogens is 288 g/mol. The zero-order valence-electron chi connectivity index (χ0n) is 12.7. The van der Waals surface area contributed by atoms with Gasteiger partial charge in [-0.15, -0.1) is 0 Å². The van der Waals surface area contributed by atoms with Crippen LogP contribution in [0.25, 0.3) is 0 Å². The molecule has 1 rings (SSSR count). The lowest BCUT2D eigenvalue weighted by molar-refractivity contribution is -0.143. The van der Waals surface area contributed by atoms with E-state index in [-0.39, 0.29) is 24.4 Å². The molecule has 120 valence electrons. The molecule has 0 unspecified atom stereocenters. The lowest BCUT2D eigenvalue weighted by Crippen LogP contribution is -2.16. The monoisotopic (exact) mass is 308 g/mol. The Morgan fingerprint density at radius 2 is 1.09 bits per heavy atom. The van der Waals surface area contributed by atoms with Crippen LogP contribution in [0.4, 0.5) is 0 Å². The van der Waals surface area contributed by atoms with E-state index in [0.29, 0.717) is 12.8 Å². The van der Waals surface area contributed by atoms with E-state index in [1.165, 1.54) is 0 Å². The summed E-state index contributed by atoms with van der Waals surface area (Å²) in [5.74, 6) is -1.72. The number of carbonyl (C=O) groups is 4.